The monoisotopic (exact) mass is 599 g/mol. The first kappa shape index (κ1) is 35.2. The van der Waals surface area contributed by atoms with Gasteiger partial charge in [0.1, 0.15) is 0 Å². The molecule has 0 aromatic heterocycles. The van der Waals surface area contributed by atoms with Crippen molar-refractivity contribution < 1.29 is 14.2 Å². The van der Waals surface area contributed by atoms with Crippen LogP contribution in [0.25, 0.3) is 0 Å². The summed E-state index contributed by atoms with van der Waals surface area (Å²) in [6, 6.07) is 0. The predicted octanol–water partition coefficient (Wildman–Crippen LogP) is 11.0. The van der Waals surface area contributed by atoms with Crippen molar-refractivity contribution in [2.45, 2.75) is 142 Å². The molecule has 0 aliphatic heterocycles. The molecule has 4 rings (SSSR count). The molecule has 0 spiro atoms. The first-order valence-corrected chi connectivity index (χ1v) is 19.3. The molecule has 3 nitrogen and oxygen atoms in total. The van der Waals surface area contributed by atoms with E-state index in [0.717, 1.165) is 99.8 Å². The Hall–Kier alpha value is -0.640. The lowest BCUT2D eigenvalue weighted by Crippen LogP contribution is -2.27. The third kappa shape index (κ3) is 13.3. The first-order valence-electron chi connectivity index (χ1n) is 19.3. The summed E-state index contributed by atoms with van der Waals surface area (Å²) >= 11 is 0. The molecule has 0 aromatic carbocycles. The van der Waals surface area contributed by atoms with Crippen molar-refractivity contribution in [2.24, 2.45) is 47.3 Å². The Kier molecular flexibility index (Phi) is 17.4. The van der Waals surface area contributed by atoms with E-state index in [-0.39, 0.29) is 0 Å². The van der Waals surface area contributed by atoms with Gasteiger partial charge in [0.15, 0.2) is 0 Å². The minimum Gasteiger partial charge on any atom is -0.381 e. The lowest BCUT2D eigenvalue weighted by atomic mass is 9.69. The van der Waals surface area contributed by atoms with Gasteiger partial charge in [-0.05, 0) is 176 Å². The van der Waals surface area contributed by atoms with Crippen molar-refractivity contribution in [3.63, 3.8) is 0 Å². The van der Waals surface area contributed by atoms with E-state index in [4.69, 9.17) is 14.2 Å². The highest BCUT2D eigenvalue weighted by Crippen LogP contribution is 2.43. The molecule has 0 N–H and O–H groups in total. The molecule has 4 aliphatic rings. The average molecular weight is 599 g/mol. The van der Waals surface area contributed by atoms with Crippen LogP contribution in [0.5, 0.6) is 0 Å². The first-order chi connectivity index (χ1) is 21.2. The van der Waals surface area contributed by atoms with E-state index >= 15 is 0 Å². The van der Waals surface area contributed by atoms with Crippen LogP contribution in [0.1, 0.15) is 142 Å². The number of hydrogen-bond acceptors (Lipinski definition) is 3. The Balaban J connectivity index is 0.953. The fourth-order valence-corrected chi connectivity index (χ4v) is 9.15. The lowest BCUT2D eigenvalue weighted by Gasteiger charge is -2.37. The highest BCUT2D eigenvalue weighted by molar-refractivity contribution is 4.90. The van der Waals surface area contributed by atoms with Gasteiger partial charge in [0.2, 0.25) is 0 Å². The summed E-state index contributed by atoms with van der Waals surface area (Å²) in [6.45, 7) is 9.86. The molecular formula is C40H70O3. The molecule has 4 saturated carbocycles. The Morgan fingerprint density at radius 1 is 0.395 bits per heavy atom. The molecule has 3 heteroatoms. The maximum Gasteiger partial charge on any atom is 0.0651 e. The minimum absolute atomic E-state index is 0.767. The van der Waals surface area contributed by atoms with Crippen molar-refractivity contribution in [2.75, 3.05) is 39.6 Å². The number of ether oxygens (including phenoxy) is 3. The molecule has 4 aliphatic carbocycles. The molecule has 0 radical (unpaired) electrons. The molecule has 248 valence electrons. The standard InChI is InChI=1S/C40H70O3/c1-3-27-42-31-35-15-23-39(24-16-35)37-19-11-33(12-20-37)9-5-7-29-41-30-8-6-10-34-13-21-38(22-14-34)40-25-17-36(18-26-40)32-43-28-4-2/h5-8,33-40H,3-4,9-32H2,1-2H3. The molecule has 0 saturated heterocycles. The smallest absolute Gasteiger partial charge is 0.0651 e. The van der Waals surface area contributed by atoms with E-state index in [2.05, 4.69) is 38.2 Å². The molecule has 0 unspecified atom stereocenters. The van der Waals surface area contributed by atoms with Crippen molar-refractivity contribution in [3.05, 3.63) is 24.3 Å². The van der Waals surface area contributed by atoms with Crippen molar-refractivity contribution in [3.8, 4) is 0 Å². The zero-order valence-corrected chi connectivity index (χ0v) is 28.5. The van der Waals surface area contributed by atoms with Gasteiger partial charge in [0.25, 0.3) is 0 Å². The normalized spacial score (nSPS) is 34.3. The number of allylic oxidation sites excluding steroid dienone is 2. The quantitative estimate of drug-likeness (QED) is 0.116. The molecule has 0 bridgehead atoms. The topological polar surface area (TPSA) is 27.7 Å². The van der Waals surface area contributed by atoms with E-state index in [1.165, 1.54) is 116 Å². The molecule has 43 heavy (non-hydrogen) atoms. The largest absolute Gasteiger partial charge is 0.381 e. The van der Waals surface area contributed by atoms with Crippen LogP contribution in [0.2, 0.25) is 0 Å². The maximum absolute atomic E-state index is 5.89. The highest BCUT2D eigenvalue weighted by atomic mass is 16.5. The van der Waals surface area contributed by atoms with Gasteiger partial charge in [0, 0.05) is 26.4 Å². The van der Waals surface area contributed by atoms with Crippen molar-refractivity contribution in [1.29, 1.82) is 0 Å². The van der Waals surface area contributed by atoms with Gasteiger partial charge in [-0.2, -0.15) is 0 Å². The average Bonchev–Trinajstić information content (AvgIpc) is 3.05. The molecular weight excluding hydrogens is 528 g/mol. The second kappa shape index (κ2) is 21.2. The van der Waals surface area contributed by atoms with Gasteiger partial charge in [-0.25, -0.2) is 0 Å². The Bertz CT molecular complexity index is 667. The summed E-state index contributed by atoms with van der Waals surface area (Å²) in [5.74, 6) is 7.49. The molecule has 0 heterocycles. The third-order valence-electron chi connectivity index (χ3n) is 12.0. The Morgan fingerprint density at radius 3 is 1.05 bits per heavy atom. The fraction of sp³-hybridized carbons (Fsp3) is 0.900. The summed E-state index contributed by atoms with van der Waals surface area (Å²) < 4.78 is 17.5. The Morgan fingerprint density at radius 2 is 0.721 bits per heavy atom. The number of rotatable bonds is 18. The molecule has 0 amide bonds. The zero-order valence-electron chi connectivity index (χ0n) is 28.5. The van der Waals surface area contributed by atoms with Gasteiger partial charge in [0.05, 0.1) is 13.2 Å². The van der Waals surface area contributed by atoms with Crippen LogP contribution in [-0.2, 0) is 14.2 Å². The molecule has 0 aromatic rings. The Labute approximate surface area is 267 Å². The van der Waals surface area contributed by atoms with Crippen molar-refractivity contribution >= 4 is 0 Å². The van der Waals surface area contributed by atoms with Crippen LogP contribution < -0.4 is 0 Å². The van der Waals surface area contributed by atoms with E-state index in [1.54, 1.807) is 0 Å². The second-order valence-electron chi connectivity index (χ2n) is 15.2. The van der Waals surface area contributed by atoms with Crippen LogP contribution in [0.15, 0.2) is 24.3 Å². The zero-order chi connectivity index (χ0) is 30.0. The van der Waals surface area contributed by atoms with Crippen LogP contribution in [0.3, 0.4) is 0 Å². The van der Waals surface area contributed by atoms with Crippen LogP contribution >= 0.6 is 0 Å². The van der Waals surface area contributed by atoms with Gasteiger partial charge in [-0.15, -0.1) is 0 Å². The molecule has 4 fully saturated rings. The van der Waals surface area contributed by atoms with Crippen LogP contribution in [0, 0.1) is 47.3 Å². The SMILES string of the molecule is CCCOCC1CCC(C2CCC(CC=CCOCC=CCC3CCC(C4CCC(COCCC)CC4)CC3)CC2)CC1. The van der Waals surface area contributed by atoms with Gasteiger partial charge in [-0.1, -0.05) is 38.2 Å². The van der Waals surface area contributed by atoms with E-state index in [0.29, 0.717) is 0 Å². The summed E-state index contributed by atoms with van der Waals surface area (Å²) in [5.41, 5.74) is 0. The summed E-state index contributed by atoms with van der Waals surface area (Å²) in [4.78, 5) is 0. The summed E-state index contributed by atoms with van der Waals surface area (Å²) in [6.07, 6.45) is 37.3. The van der Waals surface area contributed by atoms with Gasteiger partial charge >= 0.3 is 0 Å². The van der Waals surface area contributed by atoms with Crippen LogP contribution in [0.4, 0.5) is 0 Å². The van der Waals surface area contributed by atoms with E-state index in [1.807, 2.05) is 0 Å². The number of hydrogen-bond donors (Lipinski definition) is 0. The fourth-order valence-electron chi connectivity index (χ4n) is 9.15. The maximum atomic E-state index is 5.89. The second-order valence-corrected chi connectivity index (χ2v) is 15.2. The van der Waals surface area contributed by atoms with Crippen LogP contribution in [-0.4, -0.2) is 39.6 Å². The minimum atomic E-state index is 0.767. The van der Waals surface area contributed by atoms with Crippen molar-refractivity contribution in [1.82, 2.24) is 0 Å². The summed E-state index contributed by atoms with van der Waals surface area (Å²) in [5, 5.41) is 0. The van der Waals surface area contributed by atoms with Gasteiger partial charge in [-0.3, -0.25) is 0 Å². The highest BCUT2D eigenvalue weighted by Gasteiger charge is 2.32. The van der Waals surface area contributed by atoms with E-state index < -0.39 is 0 Å². The predicted molar refractivity (Wildman–Crippen MR) is 182 cm³/mol. The molecule has 0 atom stereocenters. The van der Waals surface area contributed by atoms with E-state index in [9.17, 15) is 0 Å². The van der Waals surface area contributed by atoms with Gasteiger partial charge < -0.3 is 14.2 Å². The lowest BCUT2D eigenvalue weighted by molar-refractivity contribution is 0.0652. The third-order valence-corrected chi connectivity index (χ3v) is 12.0. The summed E-state index contributed by atoms with van der Waals surface area (Å²) in [7, 11) is 0.